The second kappa shape index (κ2) is 8.82. The Morgan fingerprint density at radius 3 is 2.77 bits per heavy atom. The van der Waals surface area contributed by atoms with E-state index in [2.05, 4.69) is 46.4 Å². The molecule has 0 saturated carbocycles. The maximum atomic E-state index is 12.4. The predicted molar refractivity (Wildman–Crippen MR) is 120 cm³/mol. The van der Waals surface area contributed by atoms with Crippen LogP contribution in [0.2, 0.25) is 0 Å². The molecule has 1 aliphatic heterocycles. The number of H-pyrrole nitrogens is 1. The first-order valence-corrected chi connectivity index (χ1v) is 10.8. The number of furan rings is 1. The van der Waals surface area contributed by atoms with Crippen molar-refractivity contribution in [1.29, 1.82) is 0 Å². The second-order valence-electron chi connectivity index (χ2n) is 8.20. The topological polar surface area (TPSA) is 58.5 Å². The van der Waals surface area contributed by atoms with Crippen molar-refractivity contribution in [3.05, 3.63) is 95.6 Å². The maximum absolute atomic E-state index is 12.4. The number of carbonyl (C=O) groups excluding carboxylic acids is 1. The lowest BCUT2D eigenvalue weighted by atomic mass is 9.89. The van der Waals surface area contributed by atoms with Crippen LogP contribution in [-0.4, -0.2) is 28.9 Å². The Hall–Kier alpha value is -3.31. The fourth-order valence-electron chi connectivity index (χ4n) is 4.50. The van der Waals surface area contributed by atoms with Crippen molar-refractivity contribution in [1.82, 2.24) is 9.88 Å². The van der Waals surface area contributed by atoms with Crippen LogP contribution >= 0.6 is 0 Å². The molecule has 5 rings (SSSR count). The molecule has 4 aromatic rings. The normalized spacial score (nSPS) is 15.4. The molecule has 5 nitrogen and oxygen atoms in total. The van der Waals surface area contributed by atoms with Crippen molar-refractivity contribution in [3.63, 3.8) is 0 Å². The number of esters is 1. The van der Waals surface area contributed by atoms with Crippen molar-refractivity contribution in [3.8, 4) is 0 Å². The smallest absolute Gasteiger partial charge is 0.338 e. The summed E-state index contributed by atoms with van der Waals surface area (Å²) in [7, 11) is 0. The van der Waals surface area contributed by atoms with Gasteiger partial charge in [0.1, 0.15) is 12.4 Å². The number of rotatable bonds is 6. The van der Waals surface area contributed by atoms with Gasteiger partial charge < -0.3 is 14.1 Å². The number of fused-ring (bicyclic) bond motifs is 1. The Balaban J connectivity index is 1.18. The molecular weight excluding hydrogens is 388 g/mol. The fourth-order valence-corrected chi connectivity index (χ4v) is 4.50. The Labute approximate surface area is 181 Å². The minimum Gasteiger partial charge on any atom is -0.466 e. The minimum atomic E-state index is -0.323. The van der Waals surface area contributed by atoms with E-state index in [0.717, 1.165) is 38.0 Å². The van der Waals surface area contributed by atoms with Gasteiger partial charge in [0.15, 0.2) is 0 Å². The van der Waals surface area contributed by atoms with E-state index in [4.69, 9.17) is 9.15 Å². The van der Waals surface area contributed by atoms with Crippen LogP contribution in [0.3, 0.4) is 0 Å². The number of piperidine rings is 1. The summed E-state index contributed by atoms with van der Waals surface area (Å²) in [6.45, 7) is 3.10. The van der Waals surface area contributed by atoms with Gasteiger partial charge >= 0.3 is 5.97 Å². The third kappa shape index (κ3) is 4.42. The van der Waals surface area contributed by atoms with E-state index in [1.165, 1.54) is 16.5 Å². The first kappa shape index (κ1) is 19.6. The molecule has 0 bridgehead atoms. The van der Waals surface area contributed by atoms with Gasteiger partial charge in [0.05, 0.1) is 11.8 Å². The second-order valence-corrected chi connectivity index (χ2v) is 8.20. The largest absolute Gasteiger partial charge is 0.466 e. The number of ether oxygens (including phenoxy) is 1. The zero-order valence-corrected chi connectivity index (χ0v) is 17.4. The number of nitrogens with zero attached hydrogens (tertiary/aromatic N) is 1. The molecule has 2 aromatic heterocycles. The standard InChI is InChI=1S/C26H26N2O3/c29-26(31-18-22-7-4-14-30-22)21-6-3-5-19(15-21)17-28-12-10-20(11-13-28)24-16-27-25-9-2-1-8-23(24)25/h1-9,14-16,20,27H,10-13,17-18H2. The van der Waals surface area contributed by atoms with Gasteiger partial charge in [-0.05, 0) is 73.3 Å². The lowest BCUT2D eigenvalue weighted by molar-refractivity contribution is 0.0445. The van der Waals surface area contributed by atoms with Crippen molar-refractivity contribution in [2.24, 2.45) is 0 Å². The first-order chi connectivity index (χ1) is 15.3. The van der Waals surface area contributed by atoms with E-state index in [9.17, 15) is 4.79 Å². The molecule has 0 atom stereocenters. The Morgan fingerprint density at radius 1 is 1.06 bits per heavy atom. The van der Waals surface area contributed by atoms with E-state index in [1.54, 1.807) is 24.5 Å². The van der Waals surface area contributed by atoms with Gasteiger partial charge in [-0.2, -0.15) is 0 Å². The number of hydrogen-bond acceptors (Lipinski definition) is 4. The van der Waals surface area contributed by atoms with Crippen LogP contribution in [0.25, 0.3) is 10.9 Å². The molecule has 0 amide bonds. The van der Waals surface area contributed by atoms with Crippen molar-refractivity contribution in [2.75, 3.05) is 13.1 Å². The highest BCUT2D eigenvalue weighted by atomic mass is 16.5. The van der Waals surface area contributed by atoms with Gasteiger partial charge in [-0.1, -0.05) is 30.3 Å². The summed E-state index contributed by atoms with van der Waals surface area (Å²) in [5.41, 5.74) is 4.38. The fraction of sp³-hybridized carbons (Fsp3) is 0.269. The quantitative estimate of drug-likeness (QED) is 0.424. The van der Waals surface area contributed by atoms with Crippen LogP contribution in [0.15, 0.2) is 77.5 Å². The summed E-state index contributed by atoms with van der Waals surface area (Å²) < 4.78 is 10.6. The molecule has 1 saturated heterocycles. The van der Waals surface area contributed by atoms with E-state index >= 15 is 0 Å². The lowest BCUT2D eigenvalue weighted by Gasteiger charge is -2.32. The SMILES string of the molecule is O=C(OCc1ccco1)c1cccc(CN2CCC(c3c[nH]c4ccccc34)CC2)c1. The highest BCUT2D eigenvalue weighted by molar-refractivity contribution is 5.89. The number of likely N-dealkylation sites (tertiary alicyclic amines) is 1. The van der Waals surface area contributed by atoms with Crippen molar-refractivity contribution < 1.29 is 13.9 Å². The average molecular weight is 415 g/mol. The molecule has 3 heterocycles. The molecular formula is C26H26N2O3. The molecule has 158 valence electrons. The van der Waals surface area contributed by atoms with Gasteiger partial charge in [-0.3, -0.25) is 4.90 Å². The number of aromatic amines is 1. The number of hydrogen-bond donors (Lipinski definition) is 1. The van der Waals surface area contributed by atoms with E-state index < -0.39 is 0 Å². The van der Waals surface area contributed by atoms with E-state index in [0.29, 0.717) is 17.2 Å². The van der Waals surface area contributed by atoms with Crippen LogP contribution in [-0.2, 0) is 17.9 Å². The zero-order chi connectivity index (χ0) is 21.0. The molecule has 1 aliphatic rings. The van der Waals surface area contributed by atoms with Gasteiger partial charge in [-0.25, -0.2) is 4.79 Å². The van der Waals surface area contributed by atoms with Crippen LogP contribution < -0.4 is 0 Å². The molecule has 5 heteroatoms. The summed E-state index contributed by atoms with van der Waals surface area (Å²) in [6.07, 6.45) is 6.05. The molecule has 31 heavy (non-hydrogen) atoms. The Bertz CT molecular complexity index is 1150. The van der Waals surface area contributed by atoms with E-state index in [1.807, 2.05) is 12.1 Å². The van der Waals surface area contributed by atoms with Gasteiger partial charge in [0, 0.05) is 23.6 Å². The summed E-state index contributed by atoms with van der Waals surface area (Å²) >= 11 is 0. The third-order valence-corrected chi connectivity index (χ3v) is 6.14. The number of benzene rings is 2. The lowest BCUT2D eigenvalue weighted by Crippen LogP contribution is -2.32. The highest BCUT2D eigenvalue weighted by Crippen LogP contribution is 2.33. The summed E-state index contributed by atoms with van der Waals surface area (Å²) in [5.74, 6) is 0.911. The van der Waals surface area contributed by atoms with Gasteiger partial charge in [0.25, 0.3) is 0 Å². The molecule has 1 N–H and O–H groups in total. The van der Waals surface area contributed by atoms with Gasteiger partial charge in [0.2, 0.25) is 0 Å². The monoisotopic (exact) mass is 414 g/mol. The Morgan fingerprint density at radius 2 is 1.94 bits per heavy atom. The molecule has 1 fully saturated rings. The number of nitrogens with one attached hydrogen (secondary N) is 1. The first-order valence-electron chi connectivity index (χ1n) is 10.8. The third-order valence-electron chi connectivity index (χ3n) is 6.14. The summed E-state index contributed by atoms with van der Waals surface area (Å²) in [6, 6.07) is 19.9. The van der Waals surface area contributed by atoms with Crippen LogP contribution in [0.5, 0.6) is 0 Å². The molecule has 0 unspecified atom stereocenters. The van der Waals surface area contributed by atoms with Crippen molar-refractivity contribution in [2.45, 2.75) is 31.9 Å². The summed E-state index contributed by atoms with van der Waals surface area (Å²) in [5, 5.41) is 1.35. The molecule has 0 aliphatic carbocycles. The molecule has 2 aromatic carbocycles. The summed E-state index contributed by atoms with van der Waals surface area (Å²) in [4.78, 5) is 18.3. The van der Waals surface area contributed by atoms with Crippen LogP contribution in [0.4, 0.5) is 0 Å². The average Bonchev–Trinajstić information content (AvgIpc) is 3.48. The Kier molecular flexibility index (Phi) is 5.59. The zero-order valence-electron chi connectivity index (χ0n) is 17.4. The number of para-hydroxylation sites is 1. The molecule has 0 radical (unpaired) electrons. The number of carbonyl (C=O) groups is 1. The number of aromatic nitrogens is 1. The van der Waals surface area contributed by atoms with Crippen LogP contribution in [0, 0.1) is 0 Å². The maximum Gasteiger partial charge on any atom is 0.338 e. The van der Waals surface area contributed by atoms with Crippen LogP contribution in [0.1, 0.15) is 46.0 Å². The van der Waals surface area contributed by atoms with E-state index in [-0.39, 0.29) is 12.6 Å². The highest BCUT2D eigenvalue weighted by Gasteiger charge is 2.23. The van der Waals surface area contributed by atoms with Gasteiger partial charge in [-0.15, -0.1) is 0 Å². The van der Waals surface area contributed by atoms with Crippen molar-refractivity contribution >= 4 is 16.9 Å². The minimum absolute atomic E-state index is 0.150. The molecule has 0 spiro atoms. The predicted octanol–water partition coefficient (Wildman–Crippen LogP) is 5.50.